The maximum absolute atomic E-state index is 12.5. The van der Waals surface area contributed by atoms with Crippen molar-refractivity contribution < 1.29 is 14.4 Å². The first-order valence-corrected chi connectivity index (χ1v) is 8.86. The van der Waals surface area contributed by atoms with Gasteiger partial charge in [-0.1, -0.05) is 6.92 Å². The van der Waals surface area contributed by atoms with E-state index in [4.69, 9.17) is 0 Å². The number of hydrogen-bond acceptors (Lipinski definition) is 3. The largest absolute Gasteiger partial charge is 0.343 e. The fourth-order valence-electron chi connectivity index (χ4n) is 2.74. The molecule has 1 aliphatic heterocycles. The lowest BCUT2D eigenvalue weighted by Gasteiger charge is -2.36. The lowest BCUT2D eigenvalue weighted by Crippen LogP contribution is -2.60. The summed E-state index contributed by atoms with van der Waals surface area (Å²) < 4.78 is 0. The van der Waals surface area contributed by atoms with Crippen LogP contribution in [0.15, 0.2) is 0 Å². The normalized spacial score (nSPS) is 19.4. The molecule has 1 saturated heterocycles. The summed E-state index contributed by atoms with van der Waals surface area (Å²) in [6, 6.07) is -0.796. The molecule has 0 spiro atoms. The summed E-state index contributed by atoms with van der Waals surface area (Å²) in [5.41, 5.74) is -1.10. The van der Waals surface area contributed by atoms with Crippen molar-refractivity contribution in [2.75, 3.05) is 13.1 Å². The lowest BCUT2D eigenvalue weighted by molar-refractivity contribution is -0.139. The maximum atomic E-state index is 12.5. The van der Waals surface area contributed by atoms with E-state index in [0.29, 0.717) is 6.54 Å². The van der Waals surface area contributed by atoms with Gasteiger partial charge in [0, 0.05) is 19.1 Å². The minimum atomic E-state index is -1.10. The molecule has 0 aromatic rings. The van der Waals surface area contributed by atoms with Crippen molar-refractivity contribution in [3.05, 3.63) is 0 Å². The first-order valence-electron chi connectivity index (χ1n) is 8.86. The van der Waals surface area contributed by atoms with Crippen LogP contribution < -0.4 is 16.0 Å². The van der Waals surface area contributed by atoms with Gasteiger partial charge in [-0.25, -0.2) is 4.79 Å². The van der Waals surface area contributed by atoms with Crippen molar-refractivity contribution in [2.24, 2.45) is 0 Å². The number of hydrogen-bond donors (Lipinski definition) is 3. The van der Waals surface area contributed by atoms with Crippen molar-refractivity contribution in [3.8, 4) is 0 Å². The first kappa shape index (κ1) is 20.3. The van der Waals surface area contributed by atoms with Crippen molar-refractivity contribution in [1.82, 2.24) is 20.9 Å². The molecule has 4 amide bonds. The number of rotatable bonds is 6. The van der Waals surface area contributed by atoms with E-state index in [1.165, 1.54) is 0 Å². The smallest absolute Gasteiger partial charge is 0.315 e. The lowest BCUT2D eigenvalue weighted by atomic mass is 10.0. The number of likely N-dealkylation sites (tertiary alicyclic amines) is 1. The Kier molecular flexibility index (Phi) is 7.51. The highest BCUT2D eigenvalue weighted by molar-refractivity contribution is 5.94. The summed E-state index contributed by atoms with van der Waals surface area (Å²) in [4.78, 5) is 38.6. The molecule has 138 valence electrons. The highest BCUT2D eigenvalue weighted by atomic mass is 16.2. The van der Waals surface area contributed by atoms with Crippen LogP contribution in [0.1, 0.15) is 60.3 Å². The molecule has 0 aliphatic carbocycles. The van der Waals surface area contributed by atoms with E-state index in [1.807, 2.05) is 18.7 Å². The van der Waals surface area contributed by atoms with Gasteiger partial charge in [-0.05, 0) is 53.4 Å². The van der Waals surface area contributed by atoms with E-state index in [1.54, 1.807) is 20.8 Å². The van der Waals surface area contributed by atoms with Crippen LogP contribution >= 0.6 is 0 Å². The number of piperidine rings is 1. The van der Waals surface area contributed by atoms with Crippen LogP contribution in [-0.2, 0) is 9.59 Å². The fourth-order valence-corrected chi connectivity index (χ4v) is 2.74. The summed E-state index contributed by atoms with van der Waals surface area (Å²) in [5.74, 6) is -0.443. The number of nitrogens with zero attached hydrogens (tertiary/aromatic N) is 1. The first-order chi connectivity index (χ1) is 11.2. The standard InChI is InChI=1S/C17H32N4O3/c1-6-10-18-16(24)20-17(4,5)15(23)19-13(3)14(22)21-11-8-7-9-12(21)2/h12-13H,6-11H2,1-5H3,(H,19,23)(H2,18,20,24). The molecule has 0 radical (unpaired) electrons. The molecular formula is C17H32N4O3. The zero-order valence-electron chi connectivity index (χ0n) is 15.6. The number of urea groups is 1. The Balaban J connectivity index is 2.57. The molecular weight excluding hydrogens is 308 g/mol. The predicted molar refractivity (Wildman–Crippen MR) is 93.5 cm³/mol. The molecule has 0 saturated carbocycles. The van der Waals surface area contributed by atoms with Gasteiger partial charge < -0.3 is 20.9 Å². The number of nitrogens with one attached hydrogen (secondary N) is 3. The molecule has 1 heterocycles. The second-order valence-corrected chi connectivity index (χ2v) is 7.08. The topological polar surface area (TPSA) is 90.5 Å². The Hall–Kier alpha value is -1.79. The molecule has 24 heavy (non-hydrogen) atoms. The molecule has 2 unspecified atom stereocenters. The Morgan fingerprint density at radius 1 is 1.25 bits per heavy atom. The quantitative estimate of drug-likeness (QED) is 0.682. The molecule has 1 fully saturated rings. The molecule has 7 heteroatoms. The summed E-state index contributed by atoms with van der Waals surface area (Å²) in [6.07, 6.45) is 3.95. The zero-order chi connectivity index (χ0) is 18.3. The van der Waals surface area contributed by atoms with Gasteiger partial charge in [-0.2, -0.15) is 0 Å². The van der Waals surface area contributed by atoms with Gasteiger partial charge in [-0.3, -0.25) is 9.59 Å². The van der Waals surface area contributed by atoms with Crippen molar-refractivity contribution in [1.29, 1.82) is 0 Å². The Morgan fingerprint density at radius 3 is 2.50 bits per heavy atom. The minimum absolute atomic E-state index is 0.0678. The molecule has 0 bridgehead atoms. The van der Waals surface area contributed by atoms with Crippen LogP contribution in [0.4, 0.5) is 4.79 Å². The summed E-state index contributed by atoms with van der Waals surface area (Å²) in [5, 5.41) is 8.03. The van der Waals surface area contributed by atoms with Gasteiger partial charge in [0.1, 0.15) is 11.6 Å². The third-order valence-electron chi connectivity index (χ3n) is 4.33. The number of carbonyl (C=O) groups excluding carboxylic acids is 3. The van der Waals surface area contributed by atoms with Crippen LogP contribution in [-0.4, -0.2) is 53.5 Å². The molecule has 2 atom stereocenters. The summed E-state index contributed by atoms with van der Waals surface area (Å²) in [7, 11) is 0. The Labute approximate surface area is 144 Å². The van der Waals surface area contributed by atoms with E-state index in [0.717, 1.165) is 32.2 Å². The fraction of sp³-hybridized carbons (Fsp3) is 0.824. The molecule has 7 nitrogen and oxygen atoms in total. The highest BCUT2D eigenvalue weighted by Gasteiger charge is 2.33. The van der Waals surface area contributed by atoms with Gasteiger partial charge in [0.25, 0.3) is 0 Å². The van der Waals surface area contributed by atoms with E-state index in [-0.39, 0.29) is 23.9 Å². The molecule has 0 aromatic carbocycles. The van der Waals surface area contributed by atoms with E-state index < -0.39 is 11.6 Å². The predicted octanol–water partition coefficient (Wildman–Crippen LogP) is 1.38. The number of carbonyl (C=O) groups is 3. The van der Waals surface area contributed by atoms with Gasteiger partial charge in [0.05, 0.1) is 0 Å². The monoisotopic (exact) mass is 340 g/mol. The van der Waals surface area contributed by atoms with E-state index in [2.05, 4.69) is 16.0 Å². The van der Waals surface area contributed by atoms with Gasteiger partial charge in [0.2, 0.25) is 11.8 Å². The summed E-state index contributed by atoms with van der Waals surface area (Å²) >= 11 is 0. The molecule has 1 rings (SSSR count). The van der Waals surface area contributed by atoms with Crippen molar-refractivity contribution in [3.63, 3.8) is 0 Å². The third-order valence-corrected chi connectivity index (χ3v) is 4.33. The van der Waals surface area contributed by atoms with Crippen LogP contribution in [0.2, 0.25) is 0 Å². The Morgan fingerprint density at radius 2 is 1.92 bits per heavy atom. The van der Waals surface area contributed by atoms with Gasteiger partial charge in [0.15, 0.2) is 0 Å². The zero-order valence-corrected chi connectivity index (χ0v) is 15.6. The molecule has 1 aliphatic rings. The molecule has 0 aromatic heterocycles. The van der Waals surface area contributed by atoms with Crippen molar-refractivity contribution in [2.45, 2.75) is 77.9 Å². The average Bonchev–Trinajstić information content (AvgIpc) is 2.52. The van der Waals surface area contributed by atoms with Crippen molar-refractivity contribution >= 4 is 17.8 Å². The van der Waals surface area contributed by atoms with Crippen LogP contribution in [0.25, 0.3) is 0 Å². The maximum Gasteiger partial charge on any atom is 0.315 e. The number of amides is 4. The minimum Gasteiger partial charge on any atom is -0.343 e. The highest BCUT2D eigenvalue weighted by Crippen LogP contribution is 2.17. The van der Waals surface area contributed by atoms with Crippen LogP contribution in [0.5, 0.6) is 0 Å². The van der Waals surface area contributed by atoms with Crippen LogP contribution in [0, 0.1) is 0 Å². The Bertz CT molecular complexity index is 465. The second-order valence-electron chi connectivity index (χ2n) is 7.08. The second kappa shape index (κ2) is 8.89. The van der Waals surface area contributed by atoms with Crippen LogP contribution in [0.3, 0.4) is 0 Å². The van der Waals surface area contributed by atoms with E-state index >= 15 is 0 Å². The average molecular weight is 340 g/mol. The van der Waals surface area contributed by atoms with Gasteiger partial charge >= 0.3 is 6.03 Å². The third kappa shape index (κ3) is 5.69. The summed E-state index contributed by atoms with van der Waals surface area (Å²) in [6.45, 7) is 10.2. The molecule has 3 N–H and O–H groups in total. The van der Waals surface area contributed by atoms with Gasteiger partial charge in [-0.15, -0.1) is 0 Å². The SMILES string of the molecule is CCCNC(=O)NC(C)(C)C(=O)NC(C)C(=O)N1CCCCC1C. The van der Waals surface area contributed by atoms with E-state index in [9.17, 15) is 14.4 Å².